The second kappa shape index (κ2) is 6.43. The molecule has 2 rings (SSSR count). The first kappa shape index (κ1) is 14.4. The molecule has 1 aromatic heterocycles. The summed E-state index contributed by atoms with van der Waals surface area (Å²) in [5.41, 5.74) is 1.84. The van der Waals surface area contributed by atoms with Gasteiger partial charge in [0.25, 0.3) is 0 Å². The van der Waals surface area contributed by atoms with Gasteiger partial charge >= 0.3 is 0 Å². The van der Waals surface area contributed by atoms with Gasteiger partial charge in [-0.15, -0.1) is 0 Å². The zero-order chi connectivity index (χ0) is 14.5. The Balaban J connectivity index is 2.16. The zero-order valence-corrected chi connectivity index (χ0v) is 11.4. The molecule has 0 amide bonds. The lowest BCUT2D eigenvalue weighted by molar-refractivity contribution is 0.447. The van der Waals surface area contributed by atoms with Gasteiger partial charge in [0.2, 0.25) is 5.88 Å². The molecule has 0 aliphatic heterocycles. The van der Waals surface area contributed by atoms with E-state index in [1.165, 1.54) is 0 Å². The van der Waals surface area contributed by atoms with Crippen molar-refractivity contribution in [1.82, 2.24) is 10.3 Å². The number of halogens is 2. The van der Waals surface area contributed by atoms with Crippen LogP contribution in [0.4, 0.5) is 8.78 Å². The smallest absolute Gasteiger partial charge is 0.222 e. The molecule has 0 saturated carbocycles. The van der Waals surface area contributed by atoms with E-state index in [0.29, 0.717) is 5.88 Å². The maximum absolute atomic E-state index is 13.1. The first-order valence-electron chi connectivity index (χ1n) is 6.38. The number of nitrogens with one attached hydrogen (secondary N) is 1. The van der Waals surface area contributed by atoms with Gasteiger partial charge in [0, 0.05) is 36.5 Å². The van der Waals surface area contributed by atoms with Crippen LogP contribution < -0.4 is 10.1 Å². The predicted molar refractivity (Wildman–Crippen MR) is 72.8 cm³/mol. The van der Waals surface area contributed by atoms with Gasteiger partial charge in [0.1, 0.15) is 17.4 Å². The van der Waals surface area contributed by atoms with Crippen molar-refractivity contribution in [1.29, 1.82) is 0 Å². The quantitative estimate of drug-likeness (QED) is 0.908. The molecule has 0 spiro atoms. The Morgan fingerprint density at radius 2 is 1.85 bits per heavy atom. The molecular formula is C15H16F2N2O. The number of hydrogen-bond acceptors (Lipinski definition) is 3. The van der Waals surface area contributed by atoms with Crippen LogP contribution in [0.5, 0.6) is 11.6 Å². The van der Waals surface area contributed by atoms with Crippen molar-refractivity contribution in [2.24, 2.45) is 0 Å². The minimum Gasteiger partial charge on any atom is -0.439 e. The molecule has 20 heavy (non-hydrogen) atoms. The van der Waals surface area contributed by atoms with Gasteiger partial charge in [-0.1, -0.05) is 6.92 Å². The van der Waals surface area contributed by atoms with Crippen LogP contribution in [-0.2, 0) is 6.54 Å². The summed E-state index contributed by atoms with van der Waals surface area (Å²) in [5.74, 6) is -0.921. The first-order valence-corrected chi connectivity index (χ1v) is 6.38. The van der Waals surface area contributed by atoms with Crippen LogP contribution in [0.15, 0.2) is 30.5 Å². The molecule has 0 atom stereocenters. The summed E-state index contributed by atoms with van der Waals surface area (Å²) in [5, 5.41) is 3.20. The standard InChI is InChI=1S/C15H16F2N2O/c1-3-18-8-11-4-10(2)15(19-9-11)20-14-6-12(16)5-13(17)7-14/h4-7,9,18H,3,8H2,1-2H3. The summed E-state index contributed by atoms with van der Waals surface area (Å²) in [6, 6.07) is 4.97. The highest BCUT2D eigenvalue weighted by Crippen LogP contribution is 2.24. The van der Waals surface area contributed by atoms with Crippen LogP contribution in [0.1, 0.15) is 18.1 Å². The summed E-state index contributed by atoms with van der Waals surface area (Å²) in [6.45, 7) is 5.46. The Morgan fingerprint density at radius 3 is 2.45 bits per heavy atom. The van der Waals surface area contributed by atoms with Gasteiger partial charge in [-0.05, 0) is 25.1 Å². The molecule has 0 aliphatic carbocycles. The Labute approximate surface area is 116 Å². The zero-order valence-electron chi connectivity index (χ0n) is 11.4. The molecule has 0 fully saturated rings. The van der Waals surface area contributed by atoms with Crippen LogP contribution in [0, 0.1) is 18.6 Å². The molecule has 0 aliphatic rings. The highest BCUT2D eigenvalue weighted by atomic mass is 19.1. The normalized spacial score (nSPS) is 10.6. The van der Waals surface area contributed by atoms with Gasteiger partial charge in [-0.3, -0.25) is 0 Å². The number of pyridine rings is 1. The monoisotopic (exact) mass is 278 g/mol. The van der Waals surface area contributed by atoms with E-state index < -0.39 is 11.6 Å². The fourth-order valence-electron chi connectivity index (χ4n) is 1.79. The number of benzene rings is 1. The first-order chi connectivity index (χ1) is 9.58. The summed E-state index contributed by atoms with van der Waals surface area (Å²) in [4.78, 5) is 4.18. The van der Waals surface area contributed by atoms with Crippen molar-refractivity contribution in [3.63, 3.8) is 0 Å². The number of ether oxygens (including phenoxy) is 1. The molecule has 5 heteroatoms. The van der Waals surface area contributed by atoms with E-state index >= 15 is 0 Å². The molecule has 0 radical (unpaired) electrons. The number of rotatable bonds is 5. The maximum atomic E-state index is 13.1. The van der Waals surface area contributed by atoms with Gasteiger partial charge in [-0.25, -0.2) is 13.8 Å². The van der Waals surface area contributed by atoms with Crippen LogP contribution in [0.3, 0.4) is 0 Å². The van der Waals surface area contributed by atoms with Gasteiger partial charge in [0.15, 0.2) is 0 Å². The van der Waals surface area contributed by atoms with Crippen LogP contribution in [-0.4, -0.2) is 11.5 Å². The van der Waals surface area contributed by atoms with E-state index in [4.69, 9.17) is 4.74 Å². The largest absolute Gasteiger partial charge is 0.439 e. The van der Waals surface area contributed by atoms with Gasteiger partial charge < -0.3 is 10.1 Å². The fraction of sp³-hybridized carbons (Fsp3) is 0.267. The van der Waals surface area contributed by atoms with E-state index in [2.05, 4.69) is 10.3 Å². The third kappa shape index (κ3) is 3.74. The summed E-state index contributed by atoms with van der Waals surface area (Å²) >= 11 is 0. The third-order valence-electron chi connectivity index (χ3n) is 2.72. The molecule has 1 heterocycles. The van der Waals surface area contributed by atoms with Crippen molar-refractivity contribution in [2.75, 3.05) is 6.54 Å². The number of aromatic nitrogens is 1. The van der Waals surface area contributed by atoms with Crippen LogP contribution in [0.2, 0.25) is 0 Å². The molecule has 0 saturated heterocycles. The second-order valence-corrected chi connectivity index (χ2v) is 4.45. The van der Waals surface area contributed by atoms with Crippen molar-refractivity contribution in [3.8, 4) is 11.6 Å². The maximum Gasteiger partial charge on any atom is 0.222 e. The van der Waals surface area contributed by atoms with Crippen LogP contribution in [0.25, 0.3) is 0 Å². The van der Waals surface area contributed by atoms with E-state index in [0.717, 1.165) is 42.4 Å². The Hall–Kier alpha value is -2.01. The molecule has 3 nitrogen and oxygen atoms in total. The molecule has 106 valence electrons. The molecular weight excluding hydrogens is 262 g/mol. The van der Waals surface area contributed by atoms with Crippen molar-refractivity contribution in [3.05, 3.63) is 53.2 Å². The molecule has 1 N–H and O–H groups in total. The van der Waals surface area contributed by atoms with Crippen LogP contribution >= 0.6 is 0 Å². The minimum absolute atomic E-state index is 0.0949. The fourth-order valence-corrected chi connectivity index (χ4v) is 1.79. The molecule has 2 aromatic rings. The second-order valence-electron chi connectivity index (χ2n) is 4.45. The third-order valence-corrected chi connectivity index (χ3v) is 2.72. The van der Waals surface area contributed by atoms with Gasteiger partial charge in [-0.2, -0.15) is 0 Å². The highest BCUT2D eigenvalue weighted by molar-refractivity contribution is 5.34. The van der Waals surface area contributed by atoms with Gasteiger partial charge in [0.05, 0.1) is 0 Å². The van der Waals surface area contributed by atoms with Crippen molar-refractivity contribution >= 4 is 0 Å². The molecule has 1 aromatic carbocycles. The van der Waals surface area contributed by atoms with E-state index in [1.807, 2.05) is 19.9 Å². The number of aryl methyl sites for hydroxylation is 1. The topological polar surface area (TPSA) is 34.2 Å². The van der Waals surface area contributed by atoms with Crippen molar-refractivity contribution in [2.45, 2.75) is 20.4 Å². The predicted octanol–water partition coefficient (Wildman–Crippen LogP) is 3.57. The summed E-state index contributed by atoms with van der Waals surface area (Å²) in [7, 11) is 0. The Kier molecular flexibility index (Phi) is 4.63. The molecule has 0 bridgehead atoms. The SMILES string of the molecule is CCNCc1cnc(Oc2cc(F)cc(F)c2)c(C)c1. The van der Waals surface area contributed by atoms with E-state index in [1.54, 1.807) is 6.20 Å². The highest BCUT2D eigenvalue weighted by Gasteiger charge is 2.07. The lowest BCUT2D eigenvalue weighted by Gasteiger charge is -2.09. The number of nitrogens with zero attached hydrogens (tertiary/aromatic N) is 1. The Bertz CT molecular complexity index is 582. The lowest BCUT2D eigenvalue weighted by Crippen LogP contribution is -2.12. The van der Waals surface area contributed by atoms with E-state index in [-0.39, 0.29) is 5.75 Å². The average molecular weight is 278 g/mol. The van der Waals surface area contributed by atoms with Crippen molar-refractivity contribution < 1.29 is 13.5 Å². The minimum atomic E-state index is -0.679. The summed E-state index contributed by atoms with van der Waals surface area (Å²) in [6.07, 6.45) is 1.68. The van der Waals surface area contributed by atoms with E-state index in [9.17, 15) is 8.78 Å². The molecule has 0 unspecified atom stereocenters. The number of hydrogen-bond donors (Lipinski definition) is 1. The lowest BCUT2D eigenvalue weighted by atomic mass is 10.2. The Morgan fingerprint density at radius 1 is 1.15 bits per heavy atom. The summed E-state index contributed by atoms with van der Waals surface area (Å²) < 4.78 is 31.6. The average Bonchev–Trinajstić information content (AvgIpc) is 2.38.